The summed E-state index contributed by atoms with van der Waals surface area (Å²) < 4.78 is 63.1. The molecule has 0 bridgehead atoms. The molecule has 0 spiro atoms. The summed E-state index contributed by atoms with van der Waals surface area (Å²) >= 11 is 11.5. The van der Waals surface area contributed by atoms with Crippen molar-refractivity contribution in [2.45, 2.75) is 23.9 Å². The number of ether oxygens (including phenoxy) is 1. The molecule has 0 unspecified atom stereocenters. The molecule has 0 aromatic heterocycles. The molecule has 4 nitrogen and oxygen atoms in total. The molecule has 20 heavy (non-hydrogen) atoms. The van der Waals surface area contributed by atoms with E-state index in [1.807, 2.05) is 0 Å². The van der Waals surface area contributed by atoms with Gasteiger partial charge in [0.15, 0.2) is 5.75 Å². The summed E-state index contributed by atoms with van der Waals surface area (Å²) in [5.41, 5.74) is 0. The number of rotatable bonds is 5. The van der Waals surface area contributed by atoms with Crippen molar-refractivity contribution in [2.75, 3.05) is 6.61 Å². The Labute approximate surface area is 123 Å². The van der Waals surface area contributed by atoms with Gasteiger partial charge in [0, 0.05) is 6.42 Å². The Morgan fingerprint density at radius 1 is 1.20 bits per heavy atom. The molecule has 10 heteroatoms. The number of sulfonamides is 1. The molecule has 0 saturated carbocycles. The minimum absolute atomic E-state index is 0.0806. The molecule has 0 radical (unpaired) electrons. The number of alkyl halides is 3. The first kappa shape index (κ1) is 17.4. The van der Waals surface area contributed by atoms with Crippen LogP contribution in [0.25, 0.3) is 0 Å². The molecular formula is C10H10Cl2F3NO3S. The molecule has 0 fully saturated rings. The van der Waals surface area contributed by atoms with Crippen LogP contribution in [0.15, 0.2) is 17.0 Å². The van der Waals surface area contributed by atoms with Gasteiger partial charge in [-0.25, -0.2) is 13.6 Å². The van der Waals surface area contributed by atoms with E-state index in [9.17, 15) is 21.6 Å². The highest BCUT2D eigenvalue weighted by atomic mass is 35.5. The number of benzene rings is 1. The Morgan fingerprint density at radius 2 is 1.70 bits per heavy atom. The maximum atomic E-state index is 11.9. The van der Waals surface area contributed by atoms with E-state index in [1.54, 1.807) is 0 Å². The van der Waals surface area contributed by atoms with Crippen LogP contribution in [0.4, 0.5) is 13.2 Å². The summed E-state index contributed by atoms with van der Waals surface area (Å²) in [6, 6.07) is 2.03. The van der Waals surface area contributed by atoms with E-state index in [2.05, 4.69) is 0 Å². The van der Waals surface area contributed by atoms with Crippen LogP contribution in [0, 0.1) is 0 Å². The first-order valence-corrected chi connectivity index (χ1v) is 7.52. The maximum Gasteiger partial charge on any atom is 0.389 e. The van der Waals surface area contributed by atoms with Gasteiger partial charge >= 0.3 is 6.18 Å². The average Bonchev–Trinajstić information content (AvgIpc) is 2.23. The second-order valence-corrected chi connectivity index (χ2v) is 6.20. The number of halogens is 5. The molecule has 0 aliphatic rings. The van der Waals surface area contributed by atoms with Crippen molar-refractivity contribution in [2.24, 2.45) is 5.14 Å². The van der Waals surface area contributed by atoms with Crippen molar-refractivity contribution in [3.8, 4) is 5.75 Å². The summed E-state index contributed by atoms with van der Waals surface area (Å²) in [7, 11) is -3.98. The minimum Gasteiger partial charge on any atom is -0.490 e. The monoisotopic (exact) mass is 351 g/mol. The Kier molecular flexibility index (Phi) is 5.54. The Bertz CT molecular complexity index is 567. The zero-order chi connectivity index (χ0) is 15.6. The second kappa shape index (κ2) is 6.38. The van der Waals surface area contributed by atoms with Crippen LogP contribution in [0.3, 0.4) is 0 Å². The molecule has 1 aromatic rings. The molecule has 0 atom stereocenters. The molecular weight excluding hydrogens is 342 g/mol. The van der Waals surface area contributed by atoms with Gasteiger partial charge in [-0.3, -0.25) is 0 Å². The molecule has 0 heterocycles. The predicted molar refractivity (Wildman–Crippen MR) is 68.6 cm³/mol. The third kappa shape index (κ3) is 5.35. The molecule has 0 saturated heterocycles. The van der Waals surface area contributed by atoms with Crippen LogP contribution in [-0.4, -0.2) is 21.2 Å². The summed E-state index contributed by atoms with van der Waals surface area (Å²) in [6.07, 6.45) is -5.54. The molecule has 114 valence electrons. The second-order valence-electron chi connectivity index (χ2n) is 3.83. The van der Waals surface area contributed by atoms with Gasteiger partial charge in [0.25, 0.3) is 0 Å². The topological polar surface area (TPSA) is 69.4 Å². The van der Waals surface area contributed by atoms with Gasteiger partial charge in [0.2, 0.25) is 10.0 Å². The van der Waals surface area contributed by atoms with E-state index in [4.69, 9.17) is 33.1 Å². The lowest BCUT2D eigenvalue weighted by atomic mass is 10.3. The summed E-state index contributed by atoms with van der Waals surface area (Å²) in [5.74, 6) is -0.0806. The fourth-order valence-electron chi connectivity index (χ4n) is 1.29. The lowest BCUT2D eigenvalue weighted by Crippen LogP contribution is -2.12. The largest absolute Gasteiger partial charge is 0.490 e. The van der Waals surface area contributed by atoms with E-state index in [0.29, 0.717) is 0 Å². The van der Waals surface area contributed by atoms with Gasteiger partial charge < -0.3 is 4.74 Å². The first-order chi connectivity index (χ1) is 9.00. The Balaban J connectivity index is 2.78. The lowest BCUT2D eigenvalue weighted by molar-refractivity contribution is -0.136. The van der Waals surface area contributed by atoms with E-state index < -0.39 is 22.6 Å². The van der Waals surface area contributed by atoms with E-state index in [1.165, 1.54) is 0 Å². The Hall–Kier alpha value is -0.700. The van der Waals surface area contributed by atoms with Gasteiger partial charge in [0.05, 0.1) is 21.5 Å². The van der Waals surface area contributed by atoms with Crippen molar-refractivity contribution in [1.82, 2.24) is 0 Å². The lowest BCUT2D eigenvalue weighted by Gasteiger charge is -2.12. The van der Waals surface area contributed by atoms with Crippen LogP contribution < -0.4 is 9.88 Å². The number of hydrogen-bond donors (Lipinski definition) is 1. The molecule has 0 aliphatic heterocycles. The zero-order valence-electron chi connectivity index (χ0n) is 9.88. The molecule has 0 amide bonds. The number of hydrogen-bond acceptors (Lipinski definition) is 3. The van der Waals surface area contributed by atoms with E-state index >= 15 is 0 Å². The first-order valence-electron chi connectivity index (χ1n) is 5.22. The van der Waals surface area contributed by atoms with Crippen molar-refractivity contribution >= 4 is 33.2 Å². The van der Waals surface area contributed by atoms with Gasteiger partial charge in [-0.2, -0.15) is 13.2 Å². The van der Waals surface area contributed by atoms with Gasteiger partial charge in [-0.05, 0) is 18.6 Å². The van der Waals surface area contributed by atoms with Gasteiger partial charge in [-0.15, -0.1) is 0 Å². The molecule has 1 rings (SSSR count). The SMILES string of the molecule is NS(=O)(=O)c1cc(Cl)c(OCCCC(F)(F)F)c(Cl)c1. The summed E-state index contributed by atoms with van der Waals surface area (Å²) in [6.45, 7) is -0.256. The quantitative estimate of drug-likeness (QED) is 0.826. The summed E-state index contributed by atoms with van der Waals surface area (Å²) in [5, 5.41) is 4.61. The van der Waals surface area contributed by atoms with Crippen molar-refractivity contribution in [3.05, 3.63) is 22.2 Å². The van der Waals surface area contributed by atoms with Crippen molar-refractivity contribution in [1.29, 1.82) is 0 Å². The van der Waals surface area contributed by atoms with E-state index in [0.717, 1.165) is 12.1 Å². The smallest absolute Gasteiger partial charge is 0.389 e. The van der Waals surface area contributed by atoms with Crippen LogP contribution in [0.1, 0.15) is 12.8 Å². The summed E-state index contributed by atoms with van der Waals surface area (Å²) in [4.78, 5) is -0.310. The highest BCUT2D eigenvalue weighted by Gasteiger charge is 2.26. The molecule has 1 aromatic carbocycles. The highest BCUT2D eigenvalue weighted by Crippen LogP contribution is 2.35. The van der Waals surface area contributed by atoms with Crippen LogP contribution in [-0.2, 0) is 10.0 Å². The third-order valence-electron chi connectivity index (χ3n) is 2.15. The van der Waals surface area contributed by atoms with Crippen molar-refractivity contribution in [3.63, 3.8) is 0 Å². The van der Waals surface area contributed by atoms with E-state index in [-0.39, 0.29) is 33.7 Å². The van der Waals surface area contributed by atoms with Gasteiger partial charge in [-0.1, -0.05) is 23.2 Å². The van der Waals surface area contributed by atoms with Crippen LogP contribution >= 0.6 is 23.2 Å². The number of nitrogens with two attached hydrogens (primary N) is 1. The highest BCUT2D eigenvalue weighted by molar-refractivity contribution is 7.89. The van der Waals surface area contributed by atoms with Crippen LogP contribution in [0.2, 0.25) is 10.0 Å². The number of primary sulfonamides is 1. The van der Waals surface area contributed by atoms with Gasteiger partial charge in [0.1, 0.15) is 0 Å². The fraction of sp³-hybridized carbons (Fsp3) is 0.400. The van der Waals surface area contributed by atoms with Crippen molar-refractivity contribution < 1.29 is 26.3 Å². The predicted octanol–water partition coefficient (Wildman–Crippen LogP) is 3.36. The standard InChI is InChI=1S/C10H10Cl2F3NO3S/c11-7-4-6(20(16,17)18)5-8(12)9(7)19-3-1-2-10(13,14)15/h4-5H,1-3H2,(H2,16,17,18). The molecule has 0 aliphatic carbocycles. The average molecular weight is 352 g/mol. The Morgan fingerprint density at radius 3 is 2.10 bits per heavy atom. The zero-order valence-corrected chi connectivity index (χ0v) is 12.2. The normalized spacial score (nSPS) is 12.5. The minimum atomic E-state index is -4.27. The fourth-order valence-corrected chi connectivity index (χ4v) is 2.58. The molecule has 2 N–H and O–H groups in total. The maximum absolute atomic E-state index is 11.9. The van der Waals surface area contributed by atoms with Crippen LogP contribution in [0.5, 0.6) is 5.75 Å². The third-order valence-corrected chi connectivity index (χ3v) is 3.61.